The van der Waals surface area contributed by atoms with Crippen molar-refractivity contribution in [1.29, 1.82) is 0 Å². The Morgan fingerprint density at radius 3 is 2.39 bits per heavy atom. The topological polar surface area (TPSA) is 40.5 Å². The minimum atomic E-state index is 0.0363. The summed E-state index contributed by atoms with van der Waals surface area (Å²) in [5.74, 6) is 1.54. The molecule has 2 aromatic rings. The first-order valence-electron chi connectivity index (χ1n) is 7.79. The highest BCUT2D eigenvalue weighted by atomic mass is 16.5. The van der Waals surface area contributed by atoms with Crippen LogP contribution in [0.1, 0.15) is 29.8 Å². The normalized spacial score (nSPS) is 14.2. The molecule has 0 bridgehead atoms. The molecule has 1 aromatic heterocycles. The van der Waals surface area contributed by atoms with Crippen LogP contribution in [0.15, 0.2) is 35.1 Å². The third-order valence-electron chi connectivity index (χ3n) is 3.88. The lowest BCUT2D eigenvalue weighted by Crippen LogP contribution is -2.08. The van der Waals surface area contributed by atoms with Crippen LogP contribution in [-0.2, 0) is 0 Å². The number of aryl methyl sites for hydroxylation is 2. The number of nitrogens with zero attached hydrogens (tertiary/aromatic N) is 1. The van der Waals surface area contributed by atoms with E-state index in [1.54, 1.807) is 19.2 Å². The summed E-state index contributed by atoms with van der Waals surface area (Å²) < 4.78 is 13.2. The Bertz CT molecular complexity index is 774. The lowest BCUT2D eigenvalue weighted by Gasteiger charge is -2.11. The van der Waals surface area contributed by atoms with Crippen molar-refractivity contribution in [1.82, 2.24) is 4.57 Å². The largest absolute Gasteiger partial charge is 0.493 e. The molecule has 1 saturated carbocycles. The van der Waals surface area contributed by atoms with Gasteiger partial charge in [-0.3, -0.25) is 4.79 Å². The van der Waals surface area contributed by atoms with Gasteiger partial charge in [-0.2, -0.15) is 0 Å². The summed E-state index contributed by atoms with van der Waals surface area (Å²) in [6.45, 7) is 3.85. The molecule has 0 saturated heterocycles. The van der Waals surface area contributed by atoms with Crippen LogP contribution in [0.4, 0.5) is 0 Å². The van der Waals surface area contributed by atoms with Gasteiger partial charge in [-0.1, -0.05) is 6.07 Å². The minimum Gasteiger partial charge on any atom is -0.493 e. The van der Waals surface area contributed by atoms with Gasteiger partial charge < -0.3 is 14.0 Å². The first-order chi connectivity index (χ1) is 11.1. The highest BCUT2D eigenvalue weighted by Crippen LogP contribution is 2.34. The van der Waals surface area contributed by atoms with E-state index in [1.165, 1.54) is 0 Å². The van der Waals surface area contributed by atoms with Gasteiger partial charge in [0.15, 0.2) is 16.9 Å². The molecule has 3 rings (SSSR count). The van der Waals surface area contributed by atoms with Crippen molar-refractivity contribution in [3.05, 3.63) is 57.5 Å². The van der Waals surface area contributed by atoms with Crippen LogP contribution in [-0.4, -0.2) is 17.8 Å². The van der Waals surface area contributed by atoms with Crippen molar-refractivity contribution in [2.45, 2.75) is 32.8 Å². The van der Waals surface area contributed by atoms with Crippen molar-refractivity contribution in [3.8, 4) is 11.5 Å². The van der Waals surface area contributed by atoms with E-state index in [1.807, 2.05) is 48.9 Å². The molecule has 23 heavy (non-hydrogen) atoms. The van der Waals surface area contributed by atoms with Gasteiger partial charge in [0.05, 0.1) is 13.2 Å². The lowest BCUT2D eigenvalue weighted by atomic mass is 10.2. The molecular weight excluding hydrogens is 290 g/mol. The second kappa shape index (κ2) is 6.32. The number of hydrogen-bond donors (Lipinski definition) is 0. The highest BCUT2D eigenvalue weighted by Gasteiger charge is 2.24. The summed E-state index contributed by atoms with van der Waals surface area (Å²) in [4.78, 5) is 11.5. The molecule has 0 atom stereocenters. The summed E-state index contributed by atoms with van der Waals surface area (Å²) in [6, 6.07) is 9.16. The summed E-state index contributed by atoms with van der Waals surface area (Å²) in [6.07, 6.45) is 6.51. The Labute approximate surface area is 136 Å². The summed E-state index contributed by atoms with van der Waals surface area (Å²) >= 11 is 0. The predicted molar refractivity (Wildman–Crippen MR) is 92.0 cm³/mol. The molecule has 120 valence electrons. The van der Waals surface area contributed by atoms with Gasteiger partial charge in [-0.05, 0) is 50.5 Å². The van der Waals surface area contributed by atoms with E-state index >= 15 is 0 Å². The fraction of sp³-hybridized carbons (Fsp3) is 0.316. The third-order valence-corrected chi connectivity index (χ3v) is 3.88. The average Bonchev–Trinajstić information content (AvgIpc) is 3.30. The maximum absolute atomic E-state index is 11.5. The Balaban J connectivity index is 1.89. The Morgan fingerprint density at radius 1 is 1.09 bits per heavy atom. The minimum absolute atomic E-state index is 0.0363. The van der Waals surface area contributed by atoms with E-state index < -0.39 is 0 Å². The molecule has 4 nitrogen and oxygen atoms in total. The summed E-state index contributed by atoms with van der Waals surface area (Å²) in [7, 11) is 1.65. The number of hydrogen-bond acceptors (Lipinski definition) is 3. The highest BCUT2D eigenvalue weighted by molar-refractivity contribution is 5.64. The van der Waals surface area contributed by atoms with Crippen LogP contribution < -0.4 is 14.9 Å². The molecule has 1 fully saturated rings. The van der Waals surface area contributed by atoms with Crippen LogP contribution in [0, 0.1) is 13.8 Å². The third kappa shape index (κ3) is 3.65. The number of benzene rings is 1. The Kier molecular flexibility index (Phi) is 4.24. The molecular formula is C19H21NO3. The van der Waals surface area contributed by atoms with Gasteiger partial charge in [0.1, 0.15) is 0 Å². The van der Waals surface area contributed by atoms with Gasteiger partial charge in [0.2, 0.25) is 0 Å². The first kappa shape index (κ1) is 15.4. The molecule has 0 amide bonds. The van der Waals surface area contributed by atoms with Gasteiger partial charge in [-0.15, -0.1) is 0 Å². The van der Waals surface area contributed by atoms with E-state index in [-0.39, 0.29) is 5.43 Å². The van der Waals surface area contributed by atoms with E-state index in [4.69, 9.17) is 9.47 Å². The van der Waals surface area contributed by atoms with E-state index in [0.717, 1.165) is 41.3 Å². The van der Waals surface area contributed by atoms with Crippen molar-refractivity contribution in [2.75, 3.05) is 7.11 Å². The number of pyridine rings is 1. The molecule has 1 aliphatic carbocycles. The maximum atomic E-state index is 11.5. The molecule has 4 heteroatoms. The van der Waals surface area contributed by atoms with Crippen LogP contribution in [0.3, 0.4) is 0 Å². The first-order valence-corrected chi connectivity index (χ1v) is 7.79. The van der Waals surface area contributed by atoms with Crippen LogP contribution in [0.5, 0.6) is 11.5 Å². The van der Waals surface area contributed by atoms with Crippen LogP contribution in [0.2, 0.25) is 0 Å². The Morgan fingerprint density at radius 2 is 1.78 bits per heavy atom. The molecule has 1 aromatic carbocycles. The molecule has 1 heterocycles. The van der Waals surface area contributed by atoms with Crippen molar-refractivity contribution in [2.24, 2.45) is 0 Å². The molecule has 0 unspecified atom stereocenters. The molecule has 0 N–H and O–H groups in total. The quantitative estimate of drug-likeness (QED) is 0.846. The fourth-order valence-corrected chi connectivity index (χ4v) is 2.52. The number of aromatic nitrogens is 1. The number of rotatable bonds is 5. The second-order valence-corrected chi connectivity index (χ2v) is 5.89. The summed E-state index contributed by atoms with van der Waals surface area (Å²) in [5, 5.41) is 0. The van der Waals surface area contributed by atoms with Crippen molar-refractivity contribution < 1.29 is 9.47 Å². The zero-order chi connectivity index (χ0) is 16.4. The SMILES string of the molecule is COc1ccc(C=Cn2c(C)cc(=O)cc2C)cc1OC1CC1. The number of ether oxygens (including phenoxy) is 2. The monoisotopic (exact) mass is 311 g/mol. The van der Waals surface area contributed by atoms with Gasteiger partial charge in [0, 0.05) is 29.7 Å². The van der Waals surface area contributed by atoms with E-state index in [9.17, 15) is 4.79 Å². The van der Waals surface area contributed by atoms with Crippen molar-refractivity contribution in [3.63, 3.8) is 0 Å². The van der Waals surface area contributed by atoms with Gasteiger partial charge in [-0.25, -0.2) is 0 Å². The average molecular weight is 311 g/mol. The zero-order valence-electron chi connectivity index (χ0n) is 13.7. The van der Waals surface area contributed by atoms with E-state index in [0.29, 0.717) is 6.10 Å². The second-order valence-electron chi connectivity index (χ2n) is 5.89. The Hall–Kier alpha value is -2.49. The molecule has 0 aliphatic heterocycles. The summed E-state index contributed by atoms with van der Waals surface area (Å²) in [5.41, 5.74) is 2.89. The number of methoxy groups -OCH3 is 1. The standard InChI is InChI=1S/C19H21NO3/c1-13-10-16(21)11-14(2)20(13)9-8-15-4-7-18(22-3)19(12-15)23-17-5-6-17/h4,7-12,17H,5-6H2,1-3H3. The smallest absolute Gasteiger partial charge is 0.182 e. The van der Waals surface area contributed by atoms with Crippen LogP contribution in [0.25, 0.3) is 12.3 Å². The maximum Gasteiger partial charge on any atom is 0.182 e. The molecule has 0 spiro atoms. The van der Waals surface area contributed by atoms with Gasteiger partial charge in [0.25, 0.3) is 0 Å². The predicted octanol–water partition coefficient (Wildman–Crippen LogP) is 3.64. The molecule has 0 radical (unpaired) electrons. The van der Waals surface area contributed by atoms with Crippen LogP contribution >= 0.6 is 0 Å². The molecule has 1 aliphatic rings. The lowest BCUT2D eigenvalue weighted by molar-refractivity contribution is 0.282. The fourth-order valence-electron chi connectivity index (χ4n) is 2.52. The zero-order valence-corrected chi connectivity index (χ0v) is 13.7. The van der Waals surface area contributed by atoms with Gasteiger partial charge >= 0.3 is 0 Å². The van der Waals surface area contributed by atoms with E-state index in [2.05, 4.69) is 0 Å². The van der Waals surface area contributed by atoms with Crippen molar-refractivity contribution >= 4 is 12.3 Å².